The monoisotopic (exact) mass is 270 g/mol. The standard InChI is InChI=1S/C15H30N2O2/c1-16-15(9-5-4-6-10-15)13-14(19)17-11-7-2-3-8-12-18/h16,18H,2-13H2,1H3,(H,17,19). The highest BCUT2D eigenvalue weighted by molar-refractivity contribution is 5.77. The normalized spacial score (nSPS) is 18.2. The molecule has 0 aromatic carbocycles. The van der Waals surface area contributed by atoms with Crippen LogP contribution in [0.5, 0.6) is 0 Å². The lowest BCUT2D eigenvalue weighted by atomic mass is 9.79. The highest BCUT2D eigenvalue weighted by Crippen LogP contribution is 2.30. The van der Waals surface area contributed by atoms with Gasteiger partial charge in [0.25, 0.3) is 0 Å². The van der Waals surface area contributed by atoms with Crippen LogP contribution in [0.25, 0.3) is 0 Å². The second-order valence-corrected chi connectivity index (χ2v) is 5.76. The summed E-state index contributed by atoms with van der Waals surface area (Å²) < 4.78 is 0. The van der Waals surface area contributed by atoms with Crippen molar-refractivity contribution in [3.8, 4) is 0 Å². The van der Waals surface area contributed by atoms with Crippen LogP contribution in [0.4, 0.5) is 0 Å². The molecular formula is C15H30N2O2. The molecule has 4 heteroatoms. The van der Waals surface area contributed by atoms with Crippen molar-refractivity contribution in [3.63, 3.8) is 0 Å². The average Bonchev–Trinajstić information content (AvgIpc) is 2.43. The minimum atomic E-state index is 0.0409. The van der Waals surface area contributed by atoms with Crippen molar-refractivity contribution in [1.29, 1.82) is 0 Å². The minimum Gasteiger partial charge on any atom is -0.396 e. The summed E-state index contributed by atoms with van der Waals surface area (Å²) in [5.41, 5.74) is 0.0409. The van der Waals surface area contributed by atoms with E-state index in [1.54, 1.807) is 0 Å². The molecule has 19 heavy (non-hydrogen) atoms. The number of nitrogens with one attached hydrogen (secondary N) is 2. The van der Waals surface area contributed by atoms with Gasteiger partial charge in [-0.1, -0.05) is 32.1 Å². The lowest BCUT2D eigenvalue weighted by molar-refractivity contribution is -0.122. The molecule has 0 saturated heterocycles. The van der Waals surface area contributed by atoms with Crippen molar-refractivity contribution in [2.24, 2.45) is 0 Å². The zero-order valence-corrected chi connectivity index (χ0v) is 12.3. The highest BCUT2D eigenvalue weighted by Gasteiger charge is 2.32. The van der Waals surface area contributed by atoms with E-state index in [-0.39, 0.29) is 18.1 Å². The fourth-order valence-corrected chi connectivity index (χ4v) is 2.93. The van der Waals surface area contributed by atoms with Gasteiger partial charge in [0.1, 0.15) is 0 Å². The van der Waals surface area contributed by atoms with Gasteiger partial charge in [0.15, 0.2) is 0 Å². The lowest BCUT2D eigenvalue weighted by Gasteiger charge is -2.36. The van der Waals surface area contributed by atoms with Crippen molar-refractivity contribution in [2.45, 2.75) is 69.7 Å². The first-order valence-corrected chi connectivity index (χ1v) is 7.79. The van der Waals surface area contributed by atoms with Crippen molar-refractivity contribution >= 4 is 5.91 Å². The Morgan fingerprint density at radius 3 is 2.42 bits per heavy atom. The molecule has 112 valence electrons. The van der Waals surface area contributed by atoms with Gasteiger partial charge < -0.3 is 15.7 Å². The Kier molecular flexibility index (Phi) is 8.07. The van der Waals surface area contributed by atoms with Crippen LogP contribution < -0.4 is 10.6 Å². The topological polar surface area (TPSA) is 61.4 Å². The Morgan fingerprint density at radius 2 is 1.79 bits per heavy atom. The fraction of sp³-hybridized carbons (Fsp3) is 0.933. The molecule has 0 aromatic heterocycles. The van der Waals surface area contributed by atoms with E-state index in [9.17, 15) is 4.79 Å². The van der Waals surface area contributed by atoms with Crippen molar-refractivity contribution in [2.75, 3.05) is 20.2 Å². The molecule has 0 bridgehead atoms. The van der Waals surface area contributed by atoms with Crippen LogP contribution >= 0.6 is 0 Å². The van der Waals surface area contributed by atoms with Gasteiger partial charge in [-0.2, -0.15) is 0 Å². The van der Waals surface area contributed by atoms with Gasteiger partial charge in [0.05, 0.1) is 0 Å². The zero-order chi connectivity index (χ0) is 14.0. The van der Waals surface area contributed by atoms with Crippen LogP contribution in [0.2, 0.25) is 0 Å². The predicted octanol–water partition coefficient (Wildman–Crippen LogP) is 1.97. The fourth-order valence-electron chi connectivity index (χ4n) is 2.93. The van der Waals surface area contributed by atoms with E-state index in [0.717, 1.165) is 45.1 Å². The predicted molar refractivity (Wildman–Crippen MR) is 78.1 cm³/mol. The quantitative estimate of drug-likeness (QED) is 0.561. The van der Waals surface area contributed by atoms with E-state index < -0.39 is 0 Å². The second kappa shape index (κ2) is 9.32. The molecule has 4 nitrogen and oxygen atoms in total. The molecule has 0 aromatic rings. The molecule has 0 unspecified atom stereocenters. The summed E-state index contributed by atoms with van der Waals surface area (Å²) in [5, 5.41) is 15.1. The SMILES string of the molecule is CNC1(CC(=O)NCCCCCCO)CCCCC1. The maximum atomic E-state index is 12.0. The molecule has 0 heterocycles. The van der Waals surface area contributed by atoms with Crippen LogP contribution in [0.1, 0.15) is 64.2 Å². The van der Waals surface area contributed by atoms with Crippen LogP contribution in [-0.2, 0) is 4.79 Å². The van der Waals surface area contributed by atoms with E-state index in [1.165, 1.54) is 19.3 Å². The Hall–Kier alpha value is -0.610. The third kappa shape index (κ3) is 6.39. The number of hydrogen-bond acceptors (Lipinski definition) is 3. The number of amides is 1. The number of unbranched alkanes of at least 4 members (excludes halogenated alkanes) is 3. The molecule has 0 radical (unpaired) electrons. The molecular weight excluding hydrogens is 240 g/mol. The molecule has 1 amide bonds. The van der Waals surface area contributed by atoms with Crippen LogP contribution in [0.3, 0.4) is 0 Å². The van der Waals surface area contributed by atoms with Crippen LogP contribution in [0, 0.1) is 0 Å². The Balaban J connectivity index is 2.15. The van der Waals surface area contributed by atoms with E-state index in [0.29, 0.717) is 6.42 Å². The minimum absolute atomic E-state index is 0.0409. The summed E-state index contributed by atoms with van der Waals surface area (Å²) in [4.78, 5) is 12.0. The summed E-state index contributed by atoms with van der Waals surface area (Å²) in [6, 6.07) is 0. The Bertz CT molecular complexity index is 251. The Labute approximate surface area is 117 Å². The van der Waals surface area contributed by atoms with Crippen LogP contribution in [0.15, 0.2) is 0 Å². The summed E-state index contributed by atoms with van der Waals surface area (Å²) >= 11 is 0. The van der Waals surface area contributed by atoms with Gasteiger partial charge >= 0.3 is 0 Å². The zero-order valence-electron chi connectivity index (χ0n) is 12.3. The number of carbonyl (C=O) groups is 1. The third-order valence-electron chi connectivity index (χ3n) is 4.25. The number of hydrogen-bond donors (Lipinski definition) is 3. The van der Waals surface area contributed by atoms with Crippen molar-refractivity contribution < 1.29 is 9.90 Å². The molecule has 1 saturated carbocycles. The molecule has 1 rings (SSSR count). The van der Waals surface area contributed by atoms with E-state index in [4.69, 9.17) is 5.11 Å². The Morgan fingerprint density at radius 1 is 1.11 bits per heavy atom. The maximum absolute atomic E-state index is 12.0. The van der Waals surface area contributed by atoms with Gasteiger partial charge in [0, 0.05) is 25.1 Å². The molecule has 3 N–H and O–H groups in total. The van der Waals surface area contributed by atoms with Crippen LogP contribution in [-0.4, -0.2) is 36.8 Å². The number of rotatable bonds is 9. The van der Waals surface area contributed by atoms with E-state index in [1.807, 2.05) is 7.05 Å². The molecule has 0 atom stereocenters. The summed E-state index contributed by atoms with van der Waals surface area (Å²) in [6.07, 6.45) is 10.6. The molecule has 1 aliphatic rings. The summed E-state index contributed by atoms with van der Waals surface area (Å²) in [6.45, 7) is 1.04. The first-order chi connectivity index (χ1) is 9.22. The van der Waals surface area contributed by atoms with Gasteiger partial charge in [-0.25, -0.2) is 0 Å². The third-order valence-corrected chi connectivity index (χ3v) is 4.25. The van der Waals surface area contributed by atoms with Gasteiger partial charge in [-0.05, 0) is 32.7 Å². The molecule has 0 spiro atoms. The molecule has 1 fully saturated rings. The lowest BCUT2D eigenvalue weighted by Crippen LogP contribution is -2.48. The van der Waals surface area contributed by atoms with Gasteiger partial charge in [0.2, 0.25) is 5.91 Å². The van der Waals surface area contributed by atoms with Gasteiger partial charge in [-0.3, -0.25) is 4.79 Å². The van der Waals surface area contributed by atoms with Crippen molar-refractivity contribution in [1.82, 2.24) is 10.6 Å². The molecule has 1 aliphatic carbocycles. The summed E-state index contributed by atoms with van der Waals surface area (Å²) in [7, 11) is 1.98. The summed E-state index contributed by atoms with van der Waals surface area (Å²) in [5.74, 6) is 0.179. The van der Waals surface area contributed by atoms with E-state index in [2.05, 4.69) is 10.6 Å². The molecule has 0 aliphatic heterocycles. The first-order valence-electron chi connectivity index (χ1n) is 7.79. The first kappa shape index (κ1) is 16.4. The second-order valence-electron chi connectivity index (χ2n) is 5.76. The number of carbonyl (C=O) groups excluding carboxylic acids is 1. The number of aliphatic hydroxyl groups is 1. The largest absolute Gasteiger partial charge is 0.396 e. The number of aliphatic hydroxyl groups excluding tert-OH is 1. The highest BCUT2D eigenvalue weighted by atomic mass is 16.2. The van der Waals surface area contributed by atoms with Gasteiger partial charge in [-0.15, -0.1) is 0 Å². The van der Waals surface area contributed by atoms with Crippen molar-refractivity contribution in [3.05, 3.63) is 0 Å². The smallest absolute Gasteiger partial charge is 0.221 e. The maximum Gasteiger partial charge on any atom is 0.221 e. The van der Waals surface area contributed by atoms with E-state index >= 15 is 0 Å². The average molecular weight is 270 g/mol.